The molecule has 0 bridgehead atoms. The van der Waals surface area contributed by atoms with E-state index in [-0.39, 0.29) is 22.9 Å². The molecule has 0 radical (unpaired) electrons. The molecule has 0 saturated carbocycles. The lowest BCUT2D eigenvalue weighted by Crippen LogP contribution is -2.26. The first-order valence-electron chi connectivity index (χ1n) is 8.54. The maximum absolute atomic E-state index is 12.6. The fourth-order valence-corrected chi connectivity index (χ4v) is 3.96. The van der Waals surface area contributed by atoms with E-state index < -0.39 is 10.0 Å². The van der Waals surface area contributed by atoms with E-state index in [4.69, 9.17) is 9.47 Å². The van der Waals surface area contributed by atoms with Crippen LogP contribution in [0.5, 0.6) is 11.5 Å². The first-order valence-corrected chi connectivity index (χ1v) is 10.0. The van der Waals surface area contributed by atoms with Crippen LogP contribution >= 0.6 is 0 Å². The van der Waals surface area contributed by atoms with Gasteiger partial charge in [-0.3, -0.25) is 4.79 Å². The second-order valence-electron chi connectivity index (χ2n) is 6.25. The molecule has 2 aromatic rings. The Morgan fingerprint density at radius 3 is 2.63 bits per heavy atom. The second-order valence-corrected chi connectivity index (χ2v) is 8.10. The van der Waals surface area contributed by atoms with Gasteiger partial charge in [-0.05, 0) is 50.2 Å². The van der Waals surface area contributed by atoms with Crippen molar-refractivity contribution in [2.24, 2.45) is 0 Å². The Balaban J connectivity index is 1.84. The molecule has 3 rings (SSSR count). The lowest BCUT2D eigenvalue weighted by Gasteiger charge is -2.21. The number of aryl methyl sites for hydroxylation is 1. The highest BCUT2D eigenvalue weighted by molar-refractivity contribution is 7.89. The van der Waals surface area contributed by atoms with Crippen LogP contribution in [0, 0.1) is 13.8 Å². The number of amides is 1. The Morgan fingerprint density at radius 1 is 1.15 bits per heavy atom. The normalized spacial score (nSPS) is 13.3. The molecule has 7 nitrogen and oxygen atoms in total. The number of fused-ring (bicyclic) bond motifs is 1. The Labute approximate surface area is 158 Å². The van der Waals surface area contributed by atoms with Crippen LogP contribution in [-0.2, 0) is 16.6 Å². The van der Waals surface area contributed by atoms with Gasteiger partial charge in [-0.15, -0.1) is 0 Å². The SMILES string of the molecule is CNS(=O)(=O)c1cc(C(=O)NCc2cccc3c2OCCO3)cc(C)c1C. The highest BCUT2D eigenvalue weighted by Crippen LogP contribution is 2.33. The third-order valence-corrected chi connectivity index (χ3v) is 6.07. The predicted molar refractivity (Wildman–Crippen MR) is 101 cm³/mol. The molecule has 2 N–H and O–H groups in total. The van der Waals surface area contributed by atoms with Gasteiger partial charge in [0.15, 0.2) is 11.5 Å². The van der Waals surface area contributed by atoms with Crippen LogP contribution in [0.4, 0.5) is 0 Å². The molecule has 1 heterocycles. The minimum atomic E-state index is -3.65. The van der Waals surface area contributed by atoms with Gasteiger partial charge in [0.25, 0.3) is 5.91 Å². The third kappa shape index (κ3) is 3.91. The smallest absolute Gasteiger partial charge is 0.251 e. The maximum Gasteiger partial charge on any atom is 0.251 e. The zero-order valence-electron chi connectivity index (χ0n) is 15.5. The van der Waals surface area contributed by atoms with Crippen molar-refractivity contribution in [2.75, 3.05) is 20.3 Å². The van der Waals surface area contributed by atoms with Crippen molar-refractivity contribution >= 4 is 15.9 Å². The van der Waals surface area contributed by atoms with Crippen molar-refractivity contribution < 1.29 is 22.7 Å². The molecule has 0 atom stereocenters. The summed E-state index contributed by atoms with van der Waals surface area (Å²) in [6.07, 6.45) is 0. The number of hydrogen-bond acceptors (Lipinski definition) is 5. The van der Waals surface area contributed by atoms with E-state index in [9.17, 15) is 13.2 Å². The van der Waals surface area contributed by atoms with Crippen LogP contribution < -0.4 is 19.5 Å². The summed E-state index contributed by atoms with van der Waals surface area (Å²) in [5.74, 6) is 0.921. The lowest BCUT2D eigenvalue weighted by atomic mass is 10.1. The molecule has 0 aliphatic carbocycles. The molecule has 0 saturated heterocycles. The molecule has 0 aromatic heterocycles. The molecule has 0 fully saturated rings. The number of benzene rings is 2. The van der Waals surface area contributed by atoms with Gasteiger partial charge in [0.2, 0.25) is 10.0 Å². The number of carbonyl (C=O) groups excluding carboxylic acids is 1. The van der Waals surface area contributed by atoms with Gasteiger partial charge in [0.05, 0.1) is 4.90 Å². The molecule has 1 aliphatic rings. The minimum absolute atomic E-state index is 0.101. The fraction of sp³-hybridized carbons (Fsp3) is 0.316. The van der Waals surface area contributed by atoms with Crippen LogP contribution in [-0.4, -0.2) is 34.6 Å². The fourth-order valence-electron chi connectivity index (χ4n) is 2.90. The van der Waals surface area contributed by atoms with Gasteiger partial charge in [0.1, 0.15) is 13.2 Å². The second kappa shape index (κ2) is 7.58. The van der Waals surface area contributed by atoms with Gasteiger partial charge in [-0.1, -0.05) is 12.1 Å². The van der Waals surface area contributed by atoms with Crippen LogP contribution in [0.1, 0.15) is 27.0 Å². The Hall–Kier alpha value is -2.58. The highest BCUT2D eigenvalue weighted by Gasteiger charge is 2.20. The minimum Gasteiger partial charge on any atom is -0.486 e. The quantitative estimate of drug-likeness (QED) is 0.813. The van der Waals surface area contributed by atoms with Crippen molar-refractivity contribution in [3.05, 3.63) is 52.6 Å². The largest absolute Gasteiger partial charge is 0.486 e. The van der Waals surface area contributed by atoms with E-state index in [1.54, 1.807) is 19.9 Å². The zero-order valence-corrected chi connectivity index (χ0v) is 16.3. The van der Waals surface area contributed by atoms with E-state index in [2.05, 4.69) is 10.0 Å². The number of hydrogen-bond donors (Lipinski definition) is 2. The summed E-state index contributed by atoms with van der Waals surface area (Å²) < 4.78 is 37.9. The summed E-state index contributed by atoms with van der Waals surface area (Å²) >= 11 is 0. The predicted octanol–water partition coefficient (Wildman–Crippen LogP) is 1.91. The van der Waals surface area contributed by atoms with Crippen molar-refractivity contribution in [1.82, 2.24) is 10.0 Å². The van der Waals surface area contributed by atoms with E-state index in [0.717, 1.165) is 11.1 Å². The van der Waals surface area contributed by atoms with Crippen LogP contribution in [0.25, 0.3) is 0 Å². The van der Waals surface area contributed by atoms with Gasteiger partial charge in [-0.25, -0.2) is 13.1 Å². The number of sulfonamides is 1. The molecule has 0 unspecified atom stereocenters. The Kier molecular flexibility index (Phi) is 5.38. The van der Waals surface area contributed by atoms with Crippen molar-refractivity contribution in [3.8, 4) is 11.5 Å². The number of para-hydroxylation sites is 1. The van der Waals surface area contributed by atoms with Crippen LogP contribution in [0.2, 0.25) is 0 Å². The molecule has 8 heteroatoms. The van der Waals surface area contributed by atoms with Gasteiger partial charge in [-0.2, -0.15) is 0 Å². The molecule has 2 aromatic carbocycles. The third-order valence-electron chi connectivity index (χ3n) is 4.53. The summed E-state index contributed by atoms with van der Waals surface area (Å²) in [4.78, 5) is 12.7. The van der Waals surface area contributed by atoms with Gasteiger partial charge < -0.3 is 14.8 Å². The number of rotatable bonds is 5. The zero-order chi connectivity index (χ0) is 19.6. The van der Waals surface area contributed by atoms with Crippen molar-refractivity contribution in [3.63, 3.8) is 0 Å². The van der Waals surface area contributed by atoms with Crippen LogP contribution in [0.3, 0.4) is 0 Å². The first kappa shape index (κ1) is 19.2. The van der Waals surface area contributed by atoms with Crippen molar-refractivity contribution in [1.29, 1.82) is 0 Å². The van der Waals surface area contributed by atoms with E-state index in [1.807, 2.05) is 18.2 Å². The average molecular weight is 390 g/mol. The number of carbonyl (C=O) groups is 1. The van der Waals surface area contributed by atoms with E-state index in [0.29, 0.717) is 30.3 Å². The highest BCUT2D eigenvalue weighted by atomic mass is 32.2. The molecule has 27 heavy (non-hydrogen) atoms. The summed E-state index contributed by atoms with van der Waals surface area (Å²) in [6.45, 7) is 4.69. The first-order chi connectivity index (χ1) is 12.8. The van der Waals surface area contributed by atoms with E-state index in [1.165, 1.54) is 13.1 Å². The Bertz CT molecular complexity index is 986. The Morgan fingerprint density at radius 2 is 1.89 bits per heavy atom. The molecule has 0 spiro atoms. The average Bonchev–Trinajstić information content (AvgIpc) is 2.67. The molecular weight excluding hydrogens is 368 g/mol. The molecular formula is C19H22N2O5S. The van der Waals surface area contributed by atoms with E-state index >= 15 is 0 Å². The van der Waals surface area contributed by atoms with Gasteiger partial charge >= 0.3 is 0 Å². The standard InChI is InChI=1S/C19H22N2O5S/c1-12-9-15(10-17(13(12)2)27(23,24)20-3)19(22)21-11-14-5-4-6-16-18(14)26-8-7-25-16/h4-6,9-10,20H,7-8,11H2,1-3H3,(H,21,22). The maximum atomic E-state index is 12.6. The monoisotopic (exact) mass is 390 g/mol. The number of nitrogens with one attached hydrogen (secondary N) is 2. The summed E-state index contributed by atoms with van der Waals surface area (Å²) in [7, 11) is -2.31. The molecule has 144 valence electrons. The summed E-state index contributed by atoms with van der Waals surface area (Å²) in [5.41, 5.74) is 2.43. The molecule has 1 aliphatic heterocycles. The number of ether oxygens (including phenoxy) is 2. The lowest BCUT2D eigenvalue weighted by molar-refractivity contribution is 0.0949. The van der Waals surface area contributed by atoms with Gasteiger partial charge in [0, 0.05) is 17.7 Å². The summed E-state index contributed by atoms with van der Waals surface area (Å²) in [5, 5.41) is 2.82. The topological polar surface area (TPSA) is 93.7 Å². The summed E-state index contributed by atoms with van der Waals surface area (Å²) in [6, 6.07) is 8.58. The molecule has 1 amide bonds. The van der Waals surface area contributed by atoms with Crippen molar-refractivity contribution in [2.45, 2.75) is 25.3 Å². The van der Waals surface area contributed by atoms with Crippen LogP contribution in [0.15, 0.2) is 35.2 Å².